The highest BCUT2D eigenvalue weighted by Gasteiger charge is 2.30. The van der Waals surface area contributed by atoms with Gasteiger partial charge in [0, 0.05) is 19.3 Å². The van der Waals surface area contributed by atoms with Crippen molar-refractivity contribution in [3.05, 3.63) is 23.4 Å². The van der Waals surface area contributed by atoms with Gasteiger partial charge in [0.05, 0.1) is 5.56 Å². The number of carbonyl (C=O) groups excluding carboxylic acids is 1. The number of nitrogens with one attached hydrogen (secondary N) is 1. The number of hydrogen-bond donors (Lipinski definition) is 1. The minimum atomic E-state index is -0.236. The Morgan fingerprint density at radius 2 is 2.44 bits per heavy atom. The van der Waals surface area contributed by atoms with Crippen LogP contribution in [0.5, 0.6) is 0 Å². The quantitative estimate of drug-likeness (QED) is 0.842. The number of aryl methyl sites for hydroxylation is 1. The standard InChI is InChI=1S/C13H16N4O/c1-3-11-13(18)16-6-7-17(11)12-10(8-14)9(2)4-5-15-12/h4-5,11H,3,6-7H2,1-2H3,(H,16,18). The van der Waals surface area contributed by atoms with Crippen molar-refractivity contribution in [2.45, 2.75) is 26.3 Å². The van der Waals surface area contributed by atoms with Gasteiger partial charge < -0.3 is 10.2 Å². The lowest BCUT2D eigenvalue weighted by atomic mass is 10.1. The average Bonchev–Trinajstić information content (AvgIpc) is 2.38. The smallest absolute Gasteiger partial charge is 0.242 e. The van der Waals surface area contributed by atoms with Gasteiger partial charge in [0.25, 0.3) is 0 Å². The van der Waals surface area contributed by atoms with Gasteiger partial charge in [-0.3, -0.25) is 4.79 Å². The summed E-state index contributed by atoms with van der Waals surface area (Å²) in [5.74, 6) is 0.634. The zero-order chi connectivity index (χ0) is 13.1. The van der Waals surface area contributed by atoms with Crippen LogP contribution in [-0.2, 0) is 4.79 Å². The molecule has 1 aliphatic rings. The van der Waals surface area contributed by atoms with Crippen molar-refractivity contribution in [2.75, 3.05) is 18.0 Å². The number of amides is 1. The van der Waals surface area contributed by atoms with Crippen molar-refractivity contribution in [2.24, 2.45) is 0 Å². The molecule has 0 aliphatic carbocycles. The Labute approximate surface area is 106 Å². The minimum absolute atomic E-state index is 0.0101. The van der Waals surface area contributed by atoms with E-state index in [0.29, 0.717) is 30.9 Å². The third kappa shape index (κ3) is 2.02. The van der Waals surface area contributed by atoms with Gasteiger partial charge in [0.15, 0.2) is 0 Å². The summed E-state index contributed by atoms with van der Waals surface area (Å²) in [6, 6.07) is 3.76. The molecule has 0 spiro atoms. The van der Waals surface area contributed by atoms with E-state index in [1.165, 1.54) is 0 Å². The van der Waals surface area contributed by atoms with Crippen LogP contribution in [0.4, 0.5) is 5.82 Å². The Balaban J connectivity index is 2.44. The van der Waals surface area contributed by atoms with Crippen molar-refractivity contribution in [1.29, 1.82) is 5.26 Å². The van der Waals surface area contributed by atoms with E-state index in [9.17, 15) is 10.1 Å². The summed E-state index contributed by atoms with van der Waals surface area (Å²) >= 11 is 0. The van der Waals surface area contributed by atoms with Crippen molar-refractivity contribution >= 4 is 11.7 Å². The number of carbonyl (C=O) groups is 1. The van der Waals surface area contributed by atoms with Gasteiger partial charge in [-0.15, -0.1) is 0 Å². The second-order valence-corrected chi connectivity index (χ2v) is 4.35. The zero-order valence-electron chi connectivity index (χ0n) is 10.6. The molecule has 0 aromatic carbocycles. The molecule has 2 heterocycles. The van der Waals surface area contributed by atoms with Crippen LogP contribution in [0.15, 0.2) is 12.3 Å². The van der Waals surface area contributed by atoms with Gasteiger partial charge in [-0.2, -0.15) is 5.26 Å². The summed E-state index contributed by atoms with van der Waals surface area (Å²) in [6.45, 7) is 5.13. The lowest BCUT2D eigenvalue weighted by molar-refractivity contribution is -0.123. The molecule has 94 valence electrons. The first-order chi connectivity index (χ1) is 8.69. The summed E-state index contributed by atoms with van der Waals surface area (Å²) in [5.41, 5.74) is 1.45. The van der Waals surface area contributed by atoms with Crippen LogP contribution in [0, 0.1) is 18.3 Å². The first kappa shape index (κ1) is 12.4. The Kier molecular flexibility index (Phi) is 3.47. The van der Waals surface area contributed by atoms with Crippen LogP contribution in [0.3, 0.4) is 0 Å². The molecule has 18 heavy (non-hydrogen) atoms. The molecular formula is C13H16N4O. The van der Waals surface area contributed by atoms with E-state index in [4.69, 9.17) is 0 Å². The van der Waals surface area contributed by atoms with E-state index >= 15 is 0 Å². The van der Waals surface area contributed by atoms with Crippen LogP contribution >= 0.6 is 0 Å². The van der Waals surface area contributed by atoms with Crippen molar-refractivity contribution in [1.82, 2.24) is 10.3 Å². The van der Waals surface area contributed by atoms with Gasteiger partial charge in [-0.1, -0.05) is 6.92 Å². The Morgan fingerprint density at radius 1 is 1.67 bits per heavy atom. The lowest BCUT2D eigenvalue weighted by Crippen LogP contribution is -2.55. The molecule has 5 heteroatoms. The fraction of sp³-hybridized carbons (Fsp3) is 0.462. The van der Waals surface area contributed by atoms with Crippen molar-refractivity contribution in [3.63, 3.8) is 0 Å². The lowest BCUT2D eigenvalue weighted by Gasteiger charge is -2.35. The second-order valence-electron chi connectivity index (χ2n) is 4.35. The summed E-state index contributed by atoms with van der Waals surface area (Å²) < 4.78 is 0. The summed E-state index contributed by atoms with van der Waals surface area (Å²) in [4.78, 5) is 18.1. The first-order valence-corrected chi connectivity index (χ1v) is 6.09. The second kappa shape index (κ2) is 5.05. The fourth-order valence-corrected chi connectivity index (χ4v) is 2.27. The molecule has 0 bridgehead atoms. The molecule has 1 N–H and O–H groups in total. The Hall–Kier alpha value is -2.09. The van der Waals surface area contributed by atoms with Gasteiger partial charge in [0.1, 0.15) is 17.9 Å². The van der Waals surface area contributed by atoms with Crippen LogP contribution in [0.2, 0.25) is 0 Å². The summed E-state index contributed by atoms with van der Waals surface area (Å²) in [5, 5.41) is 12.1. The molecule has 1 aromatic heterocycles. The summed E-state index contributed by atoms with van der Waals surface area (Å²) in [6.07, 6.45) is 2.39. The van der Waals surface area contributed by atoms with Crippen LogP contribution in [0.1, 0.15) is 24.5 Å². The van der Waals surface area contributed by atoms with E-state index in [0.717, 1.165) is 5.56 Å². The zero-order valence-corrected chi connectivity index (χ0v) is 10.6. The average molecular weight is 244 g/mol. The summed E-state index contributed by atoms with van der Waals surface area (Å²) in [7, 11) is 0. The number of nitrogens with zero attached hydrogens (tertiary/aromatic N) is 3. The number of pyridine rings is 1. The molecule has 1 atom stereocenters. The molecule has 1 fully saturated rings. The normalized spacial score (nSPS) is 19.3. The van der Waals surface area contributed by atoms with Gasteiger partial charge in [0.2, 0.25) is 5.91 Å². The van der Waals surface area contributed by atoms with E-state index < -0.39 is 0 Å². The molecule has 2 rings (SSSR count). The monoisotopic (exact) mass is 244 g/mol. The molecule has 0 saturated carbocycles. The third-order valence-corrected chi connectivity index (χ3v) is 3.24. The molecular weight excluding hydrogens is 228 g/mol. The van der Waals surface area contributed by atoms with Crippen LogP contribution in [-0.4, -0.2) is 30.0 Å². The number of nitriles is 1. The topological polar surface area (TPSA) is 69.0 Å². The van der Waals surface area contributed by atoms with E-state index in [-0.39, 0.29) is 11.9 Å². The molecule has 1 aromatic rings. The molecule has 5 nitrogen and oxygen atoms in total. The van der Waals surface area contributed by atoms with E-state index in [2.05, 4.69) is 16.4 Å². The number of rotatable bonds is 2. The molecule has 1 aliphatic heterocycles. The molecule has 0 radical (unpaired) electrons. The number of piperazine rings is 1. The highest BCUT2D eigenvalue weighted by Crippen LogP contribution is 2.24. The largest absolute Gasteiger partial charge is 0.353 e. The predicted octanol–water partition coefficient (Wildman–Crippen LogP) is 0.976. The fourth-order valence-electron chi connectivity index (χ4n) is 2.27. The Morgan fingerprint density at radius 3 is 3.11 bits per heavy atom. The maximum Gasteiger partial charge on any atom is 0.242 e. The van der Waals surface area contributed by atoms with E-state index in [1.807, 2.05) is 24.8 Å². The SMILES string of the molecule is CCC1C(=O)NCCN1c1nccc(C)c1C#N. The van der Waals surface area contributed by atoms with Crippen LogP contribution < -0.4 is 10.2 Å². The van der Waals surface area contributed by atoms with Gasteiger partial charge in [-0.25, -0.2) is 4.98 Å². The molecule has 1 amide bonds. The predicted molar refractivity (Wildman–Crippen MR) is 68.1 cm³/mol. The van der Waals surface area contributed by atoms with E-state index in [1.54, 1.807) is 6.20 Å². The number of aromatic nitrogens is 1. The number of hydrogen-bond acceptors (Lipinski definition) is 4. The Bertz CT molecular complexity index is 506. The number of anilines is 1. The van der Waals surface area contributed by atoms with Gasteiger partial charge >= 0.3 is 0 Å². The van der Waals surface area contributed by atoms with Crippen molar-refractivity contribution in [3.8, 4) is 6.07 Å². The van der Waals surface area contributed by atoms with Crippen molar-refractivity contribution < 1.29 is 4.79 Å². The third-order valence-electron chi connectivity index (χ3n) is 3.24. The maximum absolute atomic E-state index is 11.8. The molecule has 1 unspecified atom stereocenters. The molecule has 1 saturated heterocycles. The minimum Gasteiger partial charge on any atom is -0.353 e. The van der Waals surface area contributed by atoms with Gasteiger partial charge in [-0.05, 0) is 25.0 Å². The first-order valence-electron chi connectivity index (χ1n) is 6.09. The highest BCUT2D eigenvalue weighted by molar-refractivity contribution is 5.86. The maximum atomic E-state index is 11.8. The van der Waals surface area contributed by atoms with Crippen LogP contribution in [0.25, 0.3) is 0 Å². The highest BCUT2D eigenvalue weighted by atomic mass is 16.2.